The van der Waals surface area contributed by atoms with Gasteiger partial charge in [-0.1, -0.05) is 72.8 Å². The van der Waals surface area contributed by atoms with E-state index in [-0.39, 0.29) is 0 Å². The minimum absolute atomic E-state index is 0.915. The number of benzene rings is 6. The van der Waals surface area contributed by atoms with E-state index >= 15 is 0 Å². The first-order chi connectivity index (χ1) is 22.7. The molecule has 46 heavy (non-hydrogen) atoms. The van der Waals surface area contributed by atoms with Crippen molar-refractivity contribution in [3.63, 3.8) is 0 Å². The summed E-state index contributed by atoms with van der Waals surface area (Å²) in [6.45, 7) is 0. The molecule has 11 rings (SSSR count). The van der Waals surface area contributed by atoms with Gasteiger partial charge in [0.2, 0.25) is 0 Å². The zero-order chi connectivity index (χ0) is 29.9. The lowest BCUT2D eigenvalue weighted by molar-refractivity contribution is 1.39. The van der Waals surface area contributed by atoms with E-state index in [1.165, 1.54) is 81.4 Å². The third-order valence-corrected chi connectivity index (χ3v) is 14.1. The first kappa shape index (κ1) is 25.5. The molecule has 0 aliphatic rings. The fourth-order valence-corrected chi connectivity index (χ4v) is 12.2. The van der Waals surface area contributed by atoms with Crippen LogP contribution in [0.1, 0.15) is 0 Å². The van der Waals surface area contributed by atoms with Crippen molar-refractivity contribution in [2.24, 2.45) is 0 Å². The van der Waals surface area contributed by atoms with Gasteiger partial charge in [-0.15, -0.1) is 45.3 Å². The average Bonchev–Trinajstić information content (AvgIpc) is 3.84. The van der Waals surface area contributed by atoms with Crippen molar-refractivity contribution in [2.45, 2.75) is 0 Å². The van der Waals surface area contributed by atoms with Crippen molar-refractivity contribution in [1.82, 2.24) is 9.97 Å². The number of hydrogen-bond donors (Lipinski definition) is 0. The van der Waals surface area contributed by atoms with E-state index < -0.39 is 0 Å². The zero-order valence-electron chi connectivity index (χ0n) is 24.1. The van der Waals surface area contributed by atoms with E-state index in [0.29, 0.717) is 0 Å². The van der Waals surface area contributed by atoms with Gasteiger partial charge in [-0.3, -0.25) is 0 Å². The summed E-state index contributed by atoms with van der Waals surface area (Å²) < 4.78 is 11.0. The number of aromatic nitrogens is 2. The van der Waals surface area contributed by atoms with E-state index in [2.05, 4.69) is 121 Å². The molecule has 0 atom stereocenters. The van der Waals surface area contributed by atoms with Gasteiger partial charge in [0.1, 0.15) is 0 Å². The lowest BCUT2D eigenvalue weighted by Crippen LogP contribution is -1.89. The highest BCUT2D eigenvalue weighted by Gasteiger charge is 2.15. The Kier molecular flexibility index (Phi) is 5.21. The van der Waals surface area contributed by atoms with Gasteiger partial charge in [-0.25, -0.2) is 9.97 Å². The molecule has 5 heterocycles. The van der Waals surface area contributed by atoms with Crippen molar-refractivity contribution in [1.29, 1.82) is 0 Å². The van der Waals surface area contributed by atoms with E-state index in [9.17, 15) is 0 Å². The van der Waals surface area contributed by atoms with Crippen molar-refractivity contribution < 1.29 is 0 Å². The Hall–Kier alpha value is -4.72. The molecule has 0 radical (unpaired) electrons. The molecule has 0 fully saturated rings. The predicted molar refractivity (Wildman–Crippen MR) is 204 cm³/mol. The second-order valence-electron chi connectivity index (χ2n) is 11.8. The van der Waals surface area contributed by atoms with Gasteiger partial charge in [0.05, 0.1) is 40.9 Å². The van der Waals surface area contributed by atoms with Crippen LogP contribution in [0.4, 0.5) is 0 Å². The Balaban J connectivity index is 0.971. The van der Waals surface area contributed by atoms with Crippen LogP contribution < -0.4 is 0 Å². The summed E-state index contributed by atoms with van der Waals surface area (Å²) in [5.74, 6) is 0. The van der Waals surface area contributed by atoms with E-state index in [0.717, 1.165) is 22.1 Å². The largest absolute Gasteiger partial charge is 0.244 e. The number of rotatable bonds is 2. The van der Waals surface area contributed by atoms with Crippen molar-refractivity contribution in [3.05, 3.63) is 121 Å². The van der Waals surface area contributed by atoms with E-state index in [1.54, 1.807) is 0 Å². The fraction of sp³-hybridized carbons (Fsp3) is 0. The summed E-state index contributed by atoms with van der Waals surface area (Å²) in [5.41, 5.74) is 8.42. The van der Waals surface area contributed by atoms with Gasteiger partial charge in [0.15, 0.2) is 0 Å². The molecule has 5 aromatic heterocycles. The highest BCUT2D eigenvalue weighted by Crippen LogP contribution is 2.46. The molecule has 0 spiro atoms. The Morgan fingerprint density at radius 3 is 1.15 bits per heavy atom. The van der Waals surface area contributed by atoms with E-state index in [1.807, 2.05) is 45.3 Å². The van der Waals surface area contributed by atoms with Crippen LogP contribution in [0.2, 0.25) is 0 Å². The van der Waals surface area contributed by atoms with Crippen molar-refractivity contribution in [2.75, 3.05) is 0 Å². The minimum Gasteiger partial charge on any atom is -0.244 e. The Bertz CT molecular complexity index is 2840. The monoisotopic (exact) mass is 656 g/mol. The Labute approximate surface area is 278 Å². The van der Waals surface area contributed by atoms with E-state index in [4.69, 9.17) is 9.97 Å². The summed E-state index contributed by atoms with van der Waals surface area (Å²) in [5, 5.41) is 5.42. The smallest absolute Gasteiger partial charge is 0.0900 e. The Morgan fingerprint density at radius 1 is 0.304 bits per heavy atom. The first-order valence-electron chi connectivity index (χ1n) is 15.1. The van der Waals surface area contributed by atoms with Gasteiger partial charge in [-0.2, -0.15) is 0 Å². The number of fused-ring (bicyclic) bond motifs is 12. The normalized spacial score (nSPS) is 12.3. The third kappa shape index (κ3) is 3.67. The molecule has 0 aliphatic carbocycles. The molecule has 0 unspecified atom stereocenters. The molecule has 6 aromatic carbocycles. The Morgan fingerprint density at radius 2 is 0.674 bits per heavy atom. The fourth-order valence-electron chi connectivity index (χ4n) is 6.80. The first-order valence-corrected chi connectivity index (χ1v) is 18.4. The molecule has 214 valence electrons. The second-order valence-corrected chi connectivity index (χ2v) is 16.0. The van der Waals surface area contributed by atoms with Crippen LogP contribution in [0, 0.1) is 0 Å². The lowest BCUT2D eigenvalue weighted by atomic mass is 10.0. The van der Waals surface area contributed by atoms with Gasteiger partial charge in [0.25, 0.3) is 0 Å². The molecule has 11 aromatic rings. The second kappa shape index (κ2) is 9.41. The van der Waals surface area contributed by atoms with Crippen molar-refractivity contribution in [3.8, 4) is 22.3 Å². The van der Waals surface area contributed by atoms with Crippen molar-refractivity contribution >= 4 is 127 Å². The minimum atomic E-state index is 0.915. The standard InChI is InChI=1S/C40H20N2S4/c1-3-7-33-25(5-1)37-39(43-33)27-13-9-23(19-35(27)45-37)21-11-15-29-31(17-21)41-30-16-12-22(18-32(30)42-29)24-10-14-28-36(20-24)46-38-26-6-2-4-8-34(26)44-40(28)38/h1-20H. The quantitative estimate of drug-likeness (QED) is 0.173. The highest BCUT2D eigenvalue weighted by molar-refractivity contribution is 7.37. The van der Waals surface area contributed by atoms with Crippen LogP contribution in [0.25, 0.3) is 103 Å². The number of hydrogen-bond acceptors (Lipinski definition) is 6. The van der Waals surface area contributed by atoms with Gasteiger partial charge in [0, 0.05) is 40.3 Å². The maximum Gasteiger partial charge on any atom is 0.0900 e. The summed E-state index contributed by atoms with van der Waals surface area (Å²) >= 11 is 7.59. The van der Waals surface area contributed by atoms with Crippen LogP contribution in [-0.2, 0) is 0 Å². The summed E-state index contributed by atoms with van der Waals surface area (Å²) in [7, 11) is 0. The third-order valence-electron chi connectivity index (χ3n) is 9.08. The lowest BCUT2D eigenvalue weighted by Gasteiger charge is -2.07. The van der Waals surface area contributed by atoms with Crippen LogP contribution in [-0.4, -0.2) is 9.97 Å². The molecule has 0 amide bonds. The molecule has 0 bridgehead atoms. The summed E-state index contributed by atoms with van der Waals surface area (Å²) in [6.07, 6.45) is 0. The summed E-state index contributed by atoms with van der Waals surface area (Å²) in [6, 6.07) is 44.1. The predicted octanol–water partition coefficient (Wildman–Crippen LogP) is 13.3. The highest BCUT2D eigenvalue weighted by atomic mass is 32.1. The topological polar surface area (TPSA) is 25.8 Å². The zero-order valence-corrected chi connectivity index (χ0v) is 27.3. The van der Waals surface area contributed by atoms with Crippen LogP contribution in [0.15, 0.2) is 121 Å². The van der Waals surface area contributed by atoms with Crippen LogP contribution >= 0.6 is 45.3 Å². The molecule has 0 aliphatic heterocycles. The molecular weight excluding hydrogens is 637 g/mol. The molecule has 0 N–H and O–H groups in total. The average molecular weight is 657 g/mol. The van der Waals surface area contributed by atoms with Crippen LogP contribution in [0.3, 0.4) is 0 Å². The van der Waals surface area contributed by atoms with Gasteiger partial charge >= 0.3 is 0 Å². The van der Waals surface area contributed by atoms with Gasteiger partial charge < -0.3 is 0 Å². The number of nitrogens with zero attached hydrogens (tertiary/aromatic N) is 2. The molecule has 0 saturated heterocycles. The SMILES string of the molecule is c1ccc2c(c1)sc1c3ccc(-c4ccc5nc6cc(-c7ccc8c(c7)sc7c9ccccc9sc87)ccc6nc5c4)cc3sc21. The number of thiophene rings is 4. The molecule has 2 nitrogen and oxygen atoms in total. The van der Waals surface area contributed by atoms with Crippen LogP contribution in [0.5, 0.6) is 0 Å². The maximum absolute atomic E-state index is 5.07. The molecular formula is C40H20N2S4. The molecule has 6 heteroatoms. The van der Waals surface area contributed by atoms with Gasteiger partial charge in [-0.05, 0) is 70.8 Å². The summed E-state index contributed by atoms with van der Waals surface area (Å²) in [4.78, 5) is 10.1. The maximum atomic E-state index is 5.07. The molecule has 0 saturated carbocycles.